The summed E-state index contributed by atoms with van der Waals surface area (Å²) in [5.41, 5.74) is 5.85. The molecule has 2 aliphatic rings. The van der Waals surface area contributed by atoms with Crippen LogP contribution in [-0.2, 0) is 4.79 Å². The number of carbonyl (C=O) groups is 1. The first-order valence-electron chi connectivity index (χ1n) is 6.15. The van der Waals surface area contributed by atoms with Gasteiger partial charge in [-0.15, -0.1) is 0 Å². The zero-order valence-electron chi connectivity index (χ0n) is 10.0. The van der Waals surface area contributed by atoms with E-state index in [1.807, 2.05) is 16.7 Å². The summed E-state index contributed by atoms with van der Waals surface area (Å²) in [4.78, 5) is 17.7. The minimum atomic E-state index is -0.0220. The van der Waals surface area contributed by atoms with E-state index in [-0.39, 0.29) is 12.5 Å². The van der Waals surface area contributed by atoms with Crippen molar-refractivity contribution in [2.24, 2.45) is 16.6 Å². The Balaban J connectivity index is 1.67. The molecule has 1 saturated carbocycles. The number of carbonyl (C=O) groups excluding carboxylic acids is 1. The molecule has 0 aromatic rings. The number of aliphatic imine (C=N–C) groups is 1. The quantitative estimate of drug-likeness (QED) is 0.543. The molecule has 2 rings (SSSR count). The summed E-state index contributed by atoms with van der Waals surface area (Å²) < 4.78 is 0. The van der Waals surface area contributed by atoms with Crippen LogP contribution in [0.1, 0.15) is 12.8 Å². The van der Waals surface area contributed by atoms with Crippen LogP contribution in [-0.4, -0.2) is 54.5 Å². The third-order valence-corrected chi connectivity index (χ3v) is 3.95. The van der Waals surface area contributed by atoms with Crippen molar-refractivity contribution < 1.29 is 4.79 Å². The number of rotatable bonds is 4. The van der Waals surface area contributed by atoms with E-state index in [4.69, 9.17) is 5.73 Å². The van der Waals surface area contributed by atoms with Gasteiger partial charge in [0.2, 0.25) is 5.91 Å². The van der Waals surface area contributed by atoms with Crippen molar-refractivity contribution in [3.63, 3.8) is 0 Å². The molecule has 3 N–H and O–H groups in total. The summed E-state index contributed by atoms with van der Waals surface area (Å²) >= 11 is 1.93. The van der Waals surface area contributed by atoms with Crippen molar-refractivity contribution >= 4 is 23.6 Å². The normalized spacial score (nSPS) is 21.4. The molecule has 0 atom stereocenters. The smallest absolute Gasteiger partial charge is 0.241 e. The Morgan fingerprint density at radius 1 is 1.41 bits per heavy atom. The minimum Gasteiger partial charge on any atom is -0.370 e. The van der Waals surface area contributed by atoms with E-state index in [2.05, 4.69) is 10.3 Å². The number of nitrogens with zero attached hydrogens (tertiary/aromatic N) is 2. The maximum atomic E-state index is 11.5. The molecule has 0 aromatic heterocycles. The summed E-state index contributed by atoms with van der Waals surface area (Å²) in [5.74, 6) is 3.37. The lowest BCUT2D eigenvalue weighted by atomic mass is 10.4. The molecule has 1 heterocycles. The highest BCUT2D eigenvalue weighted by atomic mass is 32.2. The van der Waals surface area contributed by atoms with Gasteiger partial charge in [0.15, 0.2) is 5.96 Å². The number of amides is 1. The molecule has 0 bridgehead atoms. The average Bonchev–Trinajstić information content (AvgIpc) is 3.18. The van der Waals surface area contributed by atoms with Crippen molar-refractivity contribution in [3.8, 4) is 0 Å². The van der Waals surface area contributed by atoms with Gasteiger partial charge < -0.3 is 16.0 Å². The zero-order valence-corrected chi connectivity index (χ0v) is 10.8. The Labute approximate surface area is 106 Å². The predicted octanol–water partition coefficient (Wildman–Crippen LogP) is -0.124. The van der Waals surface area contributed by atoms with Crippen molar-refractivity contribution in [2.75, 3.05) is 37.7 Å². The van der Waals surface area contributed by atoms with Crippen LogP contribution in [0.3, 0.4) is 0 Å². The van der Waals surface area contributed by atoms with Gasteiger partial charge in [-0.2, -0.15) is 11.8 Å². The number of thioether (sulfide) groups is 1. The second kappa shape index (κ2) is 6.14. The Bertz CT molecular complexity index is 298. The highest BCUT2D eigenvalue weighted by molar-refractivity contribution is 7.99. The third kappa shape index (κ3) is 4.46. The molecule has 0 radical (unpaired) electrons. The monoisotopic (exact) mass is 256 g/mol. The molecular weight excluding hydrogens is 236 g/mol. The Kier molecular flexibility index (Phi) is 4.53. The van der Waals surface area contributed by atoms with Gasteiger partial charge in [0.1, 0.15) is 6.54 Å². The number of hydrogen-bond donors (Lipinski definition) is 2. The van der Waals surface area contributed by atoms with Gasteiger partial charge in [-0.1, -0.05) is 0 Å². The molecule has 0 spiro atoms. The van der Waals surface area contributed by atoms with Gasteiger partial charge >= 0.3 is 0 Å². The number of hydrogen-bond acceptors (Lipinski definition) is 3. The van der Waals surface area contributed by atoms with E-state index in [9.17, 15) is 4.79 Å². The van der Waals surface area contributed by atoms with Crippen LogP contribution in [0.5, 0.6) is 0 Å². The Morgan fingerprint density at radius 3 is 2.76 bits per heavy atom. The number of nitrogens with two attached hydrogens (primary N) is 1. The first-order chi connectivity index (χ1) is 8.25. The molecule has 1 aliphatic heterocycles. The topological polar surface area (TPSA) is 70.7 Å². The van der Waals surface area contributed by atoms with Gasteiger partial charge in [0.05, 0.1) is 0 Å². The van der Waals surface area contributed by atoms with Crippen LogP contribution in [0, 0.1) is 5.92 Å². The number of nitrogens with one attached hydrogen (secondary N) is 1. The van der Waals surface area contributed by atoms with E-state index in [1.165, 1.54) is 12.8 Å². The second-order valence-corrected chi connectivity index (χ2v) is 5.75. The maximum Gasteiger partial charge on any atom is 0.241 e. The van der Waals surface area contributed by atoms with Gasteiger partial charge in [0.25, 0.3) is 0 Å². The lowest BCUT2D eigenvalue weighted by Gasteiger charge is -2.27. The summed E-state index contributed by atoms with van der Waals surface area (Å²) in [5, 5.41) is 2.88. The standard InChI is InChI=1S/C11H20N4OS/c12-11(15-3-5-17-6-4-15)14-8-10(16)13-7-9-1-2-9/h9H,1-8H2,(H2,12,14)(H,13,16). The molecule has 5 nitrogen and oxygen atoms in total. The van der Waals surface area contributed by atoms with Crippen molar-refractivity contribution in [1.82, 2.24) is 10.2 Å². The van der Waals surface area contributed by atoms with Crippen LogP contribution in [0.2, 0.25) is 0 Å². The molecule has 1 aliphatic carbocycles. The highest BCUT2D eigenvalue weighted by Gasteiger charge is 2.21. The van der Waals surface area contributed by atoms with Crippen LogP contribution in [0.25, 0.3) is 0 Å². The summed E-state index contributed by atoms with van der Waals surface area (Å²) in [7, 11) is 0. The van der Waals surface area contributed by atoms with Crippen molar-refractivity contribution in [1.29, 1.82) is 0 Å². The summed E-state index contributed by atoms with van der Waals surface area (Å²) in [6.07, 6.45) is 2.49. The molecule has 1 saturated heterocycles. The molecule has 6 heteroatoms. The molecule has 1 amide bonds. The molecular formula is C11H20N4OS. The average molecular weight is 256 g/mol. The fraction of sp³-hybridized carbons (Fsp3) is 0.818. The van der Waals surface area contributed by atoms with Crippen LogP contribution in [0.15, 0.2) is 4.99 Å². The fourth-order valence-electron chi connectivity index (χ4n) is 1.68. The minimum absolute atomic E-state index is 0.0220. The van der Waals surface area contributed by atoms with Gasteiger partial charge in [0, 0.05) is 31.1 Å². The van der Waals surface area contributed by atoms with Crippen LogP contribution < -0.4 is 11.1 Å². The molecule has 0 aromatic carbocycles. The van der Waals surface area contributed by atoms with E-state index in [1.54, 1.807) is 0 Å². The third-order valence-electron chi connectivity index (χ3n) is 3.00. The molecule has 96 valence electrons. The SMILES string of the molecule is NC(=NCC(=O)NCC1CC1)N1CCSCC1. The highest BCUT2D eigenvalue weighted by Crippen LogP contribution is 2.27. The van der Waals surface area contributed by atoms with Crippen molar-refractivity contribution in [2.45, 2.75) is 12.8 Å². The Hall–Kier alpha value is -0.910. The summed E-state index contributed by atoms with van der Waals surface area (Å²) in [6.45, 7) is 2.82. The first-order valence-corrected chi connectivity index (χ1v) is 7.30. The van der Waals surface area contributed by atoms with Crippen LogP contribution in [0.4, 0.5) is 0 Å². The molecule has 0 unspecified atom stereocenters. The van der Waals surface area contributed by atoms with Gasteiger partial charge in [-0.05, 0) is 18.8 Å². The first kappa shape index (κ1) is 12.5. The largest absolute Gasteiger partial charge is 0.370 e. The lowest BCUT2D eigenvalue weighted by molar-refractivity contribution is -0.119. The van der Waals surface area contributed by atoms with E-state index < -0.39 is 0 Å². The van der Waals surface area contributed by atoms with Gasteiger partial charge in [-0.3, -0.25) is 4.79 Å². The van der Waals surface area contributed by atoms with Gasteiger partial charge in [-0.25, -0.2) is 4.99 Å². The van der Waals surface area contributed by atoms with Crippen molar-refractivity contribution in [3.05, 3.63) is 0 Å². The fourth-order valence-corrected chi connectivity index (χ4v) is 2.58. The predicted molar refractivity (Wildman–Crippen MR) is 71.1 cm³/mol. The van der Waals surface area contributed by atoms with Crippen LogP contribution >= 0.6 is 11.8 Å². The van der Waals surface area contributed by atoms with E-state index >= 15 is 0 Å². The van der Waals surface area contributed by atoms with E-state index in [0.29, 0.717) is 11.9 Å². The molecule has 2 fully saturated rings. The zero-order chi connectivity index (χ0) is 12.1. The molecule has 17 heavy (non-hydrogen) atoms. The number of guanidine groups is 1. The summed E-state index contributed by atoms with van der Waals surface area (Å²) in [6, 6.07) is 0. The lowest BCUT2D eigenvalue weighted by Crippen LogP contribution is -2.43. The second-order valence-electron chi connectivity index (χ2n) is 4.52. The van der Waals surface area contributed by atoms with E-state index in [0.717, 1.165) is 31.1 Å². The Morgan fingerprint density at radius 2 is 2.12 bits per heavy atom. The maximum absolute atomic E-state index is 11.5.